The lowest BCUT2D eigenvalue weighted by molar-refractivity contribution is -0.109. The Morgan fingerprint density at radius 2 is 2.31 bits per heavy atom. The second-order valence-electron chi connectivity index (χ2n) is 2.79. The van der Waals surface area contributed by atoms with E-state index in [4.69, 9.17) is 4.42 Å². The van der Waals surface area contributed by atoms with Gasteiger partial charge in [0.15, 0.2) is 0 Å². The van der Waals surface area contributed by atoms with Gasteiger partial charge in [-0.3, -0.25) is 4.79 Å². The summed E-state index contributed by atoms with van der Waals surface area (Å²) < 4.78 is 5.19. The monoisotopic (exact) mass is 175 g/mol. The van der Waals surface area contributed by atoms with E-state index in [0.717, 1.165) is 16.5 Å². The molecule has 0 bridgehead atoms. The third-order valence-corrected chi connectivity index (χ3v) is 1.91. The van der Waals surface area contributed by atoms with Gasteiger partial charge in [0.1, 0.15) is 5.58 Å². The maximum Gasteiger partial charge on any atom is 0.207 e. The van der Waals surface area contributed by atoms with E-state index in [1.807, 2.05) is 24.3 Å². The lowest BCUT2D eigenvalue weighted by atomic mass is 10.1. The lowest BCUT2D eigenvalue weighted by Crippen LogP contribution is -2.09. The molecule has 0 unspecified atom stereocenters. The molecule has 0 saturated heterocycles. The van der Waals surface area contributed by atoms with E-state index in [2.05, 4.69) is 5.32 Å². The summed E-state index contributed by atoms with van der Waals surface area (Å²) in [4.78, 5) is 10.1. The van der Waals surface area contributed by atoms with Crippen molar-refractivity contribution < 1.29 is 9.21 Å². The van der Waals surface area contributed by atoms with E-state index in [9.17, 15) is 4.79 Å². The number of carbonyl (C=O) groups is 1. The van der Waals surface area contributed by atoms with Gasteiger partial charge in [0.05, 0.1) is 6.26 Å². The molecule has 0 saturated carbocycles. The van der Waals surface area contributed by atoms with E-state index >= 15 is 0 Å². The molecule has 13 heavy (non-hydrogen) atoms. The molecule has 66 valence electrons. The summed E-state index contributed by atoms with van der Waals surface area (Å²) in [5.74, 6) is 0. The summed E-state index contributed by atoms with van der Waals surface area (Å²) in [6, 6.07) is 7.73. The predicted octanol–water partition coefficient (Wildman–Crippen LogP) is 1.68. The highest BCUT2D eigenvalue weighted by molar-refractivity contribution is 5.77. The number of nitrogens with one attached hydrogen (secondary N) is 1. The van der Waals surface area contributed by atoms with Gasteiger partial charge < -0.3 is 9.73 Å². The number of furan rings is 1. The second kappa shape index (κ2) is 3.31. The van der Waals surface area contributed by atoms with Crippen LogP contribution in [0.2, 0.25) is 0 Å². The van der Waals surface area contributed by atoms with Crippen molar-refractivity contribution in [3.8, 4) is 0 Å². The summed E-state index contributed by atoms with van der Waals surface area (Å²) in [5.41, 5.74) is 1.94. The summed E-state index contributed by atoms with van der Waals surface area (Å²) in [5, 5.41) is 3.67. The Hall–Kier alpha value is -1.77. The molecule has 0 radical (unpaired) electrons. The number of hydrogen-bond acceptors (Lipinski definition) is 2. The molecule has 3 heteroatoms. The molecule has 1 aromatic heterocycles. The van der Waals surface area contributed by atoms with Crippen LogP contribution in [0.4, 0.5) is 0 Å². The Balaban J connectivity index is 2.31. The van der Waals surface area contributed by atoms with E-state index in [-0.39, 0.29) is 0 Å². The summed E-state index contributed by atoms with van der Waals surface area (Å²) in [7, 11) is 0. The minimum atomic E-state index is 0.560. The van der Waals surface area contributed by atoms with Crippen LogP contribution in [0.5, 0.6) is 0 Å². The van der Waals surface area contributed by atoms with E-state index in [0.29, 0.717) is 13.0 Å². The summed E-state index contributed by atoms with van der Waals surface area (Å²) in [6.45, 7) is 0.560. The molecule has 2 rings (SSSR count). The first kappa shape index (κ1) is 7.86. The first-order chi connectivity index (χ1) is 6.40. The van der Waals surface area contributed by atoms with Gasteiger partial charge in [0, 0.05) is 11.9 Å². The number of amides is 1. The standard InChI is InChI=1S/C10H9NO2/c12-7-11-6-8-1-2-10-9(5-8)3-4-13-10/h1-5,7H,6H2,(H,11,12). The third-order valence-electron chi connectivity index (χ3n) is 1.91. The van der Waals surface area contributed by atoms with Crippen molar-refractivity contribution in [1.82, 2.24) is 5.32 Å². The van der Waals surface area contributed by atoms with Crippen LogP contribution < -0.4 is 5.32 Å². The molecule has 0 aliphatic carbocycles. The van der Waals surface area contributed by atoms with Gasteiger partial charge in [0.2, 0.25) is 6.41 Å². The number of fused-ring (bicyclic) bond motifs is 1. The van der Waals surface area contributed by atoms with Crippen molar-refractivity contribution >= 4 is 17.4 Å². The molecule has 0 atom stereocenters. The van der Waals surface area contributed by atoms with E-state index in [1.165, 1.54) is 0 Å². The number of carbonyl (C=O) groups excluding carboxylic acids is 1. The molecule has 2 aromatic rings. The maximum atomic E-state index is 10.1. The largest absolute Gasteiger partial charge is 0.464 e. The maximum absolute atomic E-state index is 10.1. The zero-order valence-electron chi connectivity index (χ0n) is 6.99. The number of benzene rings is 1. The zero-order chi connectivity index (χ0) is 9.10. The minimum Gasteiger partial charge on any atom is -0.464 e. The Bertz CT molecular complexity index is 420. The smallest absolute Gasteiger partial charge is 0.207 e. The Morgan fingerprint density at radius 1 is 1.38 bits per heavy atom. The Morgan fingerprint density at radius 3 is 3.15 bits per heavy atom. The molecule has 1 N–H and O–H groups in total. The van der Waals surface area contributed by atoms with Crippen molar-refractivity contribution in [1.29, 1.82) is 0 Å². The molecule has 1 heterocycles. The average molecular weight is 175 g/mol. The van der Waals surface area contributed by atoms with Crippen molar-refractivity contribution in [2.24, 2.45) is 0 Å². The van der Waals surface area contributed by atoms with Gasteiger partial charge in [-0.25, -0.2) is 0 Å². The van der Waals surface area contributed by atoms with Crippen molar-refractivity contribution in [2.45, 2.75) is 6.54 Å². The third kappa shape index (κ3) is 1.54. The van der Waals surface area contributed by atoms with Crippen LogP contribution in [0, 0.1) is 0 Å². The van der Waals surface area contributed by atoms with Crippen LogP contribution in [0.1, 0.15) is 5.56 Å². The highest BCUT2D eigenvalue weighted by Gasteiger charge is 1.97. The van der Waals surface area contributed by atoms with Crippen LogP contribution in [-0.2, 0) is 11.3 Å². The average Bonchev–Trinajstić information content (AvgIpc) is 2.61. The Kier molecular flexibility index (Phi) is 2.00. The fourth-order valence-corrected chi connectivity index (χ4v) is 1.29. The first-order valence-electron chi connectivity index (χ1n) is 4.03. The number of hydrogen-bond donors (Lipinski definition) is 1. The Labute approximate surface area is 75.3 Å². The quantitative estimate of drug-likeness (QED) is 0.721. The van der Waals surface area contributed by atoms with E-state index in [1.54, 1.807) is 6.26 Å². The van der Waals surface area contributed by atoms with Crippen molar-refractivity contribution in [2.75, 3.05) is 0 Å². The molecule has 0 fully saturated rings. The van der Waals surface area contributed by atoms with Crippen LogP contribution in [0.3, 0.4) is 0 Å². The van der Waals surface area contributed by atoms with Crippen LogP contribution >= 0.6 is 0 Å². The molecule has 3 nitrogen and oxygen atoms in total. The molecular weight excluding hydrogens is 166 g/mol. The molecule has 1 amide bonds. The van der Waals surface area contributed by atoms with Gasteiger partial charge >= 0.3 is 0 Å². The van der Waals surface area contributed by atoms with Crippen molar-refractivity contribution in [3.63, 3.8) is 0 Å². The zero-order valence-corrected chi connectivity index (χ0v) is 6.99. The lowest BCUT2D eigenvalue weighted by Gasteiger charge is -1.98. The topological polar surface area (TPSA) is 42.2 Å². The fourth-order valence-electron chi connectivity index (χ4n) is 1.29. The van der Waals surface area contributed by atoms with Crippen molar-refractivity contribution in [3.05, 3.63) is 36.1 Å². The fraction of sp³-hybridized carbons (Fsp3) is 0.100. The highest BCUT2D eigenvalue weighted by Crippen LogP contribution is 2.16. The van der Waals surface area contributed by atoms with Gasteiger partial charge in [0.25, 0.3) is 0 Å². The molecule has 0 aliphatic rings. The predicted molar refractivity (Wildman–Crippen MR) is 49.1 cm³/mol. The van der Waals surface area contributed by atoms with Gasteiger partial charge in [-0.15, -0.1) is 0 Å². The normalized spacial score (nSPS) is 10.2. The van der Waals surface area contributed by atoms with Gasteiger partial charge in [-0.2, -0.15) is 0 Å². The highest BCUT2D eigenvalue weighted by atomic mass is 16.3. The SMILES string of the molecule is O=CNCc1ccc2occc2c1. The molecule has 0 spiro atoms. The molecule has 1 aromatic carbocycles. The first-order valence-corrected chi connectivity index (χ1v) is 4.03. The second-order valence-corrected chi connectivity index (χ2v) is 2.79. The summed E-state index contributed by atoms with van der Waals surface area (Å²) in [6.07, 6.45) is 2.35. The van der Waals surface area contributed by atoms with E-state index < -0.39 is 0 Å². The van der Waals surface area contributed by atoms with Gasteiger partial charge in [-0.1, -0.05) is 6.07 Å². The van der Waals surface area contributed by atoms with Crippen LogP contribution in [0.15, 0.2) is 34.9 Å². The van der Waals surface area contributed by atoms with Crippen LogP contribution in [-0.4, -0.2) is 6.41 Å². The van der Waals surface area contributed by atoms with Crippen LogP contribution in [0.25, 0.3) is 11.0 Å². The minimum absolute atomic E-state index is 0.560. The number of rotatable bonds is 3. The van der Waals surface area contributed by atoms with Gasteiger partial charge in [-0.05, 0) is 23.8 Å². The molecule has 0 aliphatic heterocycles. The summed E-state index contributed by atoms with van der Waals surface area (Å²) >= 11 is 0. The molecular formula is C10H9NO2.